The van der Waals surface area contributed by atoms with E-state index in [1.807, 2.05) is 62.7 Å². The van der Waals surface area contributed by atoms with Crippen molar-refractivity contribution in [2.75, 3.05) is 48.4 Å². The van der Waals surface area contributed by atoms with Crippen LogP contribution in [0.4, 0.5) is 26.0 Å². The van der Waals surface area contributed by atoms with Gasteiger partial charge in [-0.15, -0.1) is 0 Å². The highest BCUT2D eigenvalue weighted by Crippen LogP contribution is 2.39. The molecule has 2 atom stereocenters. The largest absolute Gasteiger partial charge is 0.372 e. The Kier molecular flexibility index (Phi) is 8.52. The van der Waals surface area contributed by atoms with Gasteiger partial charge in [0, 0.05) is 52.2 Å². The number of carbonyl (C=O) groups is 2. The van der Waals surface area contributed by atoms with Crippen molar-refractivity contribution < 1.29 is 18.4 Å². The number of carbonyl (C=O) groups excluding carboxylic acids is 2. The molecule has 10 nitrogen and oxygen atoms in total. The molecule has 0 N–H and O–H groups in total. The monoisotopic (exact) mass is 655 g/mol. The number of hydrogen-bond donors (Lipinski definition) is 0. The third-order valence-electron chi connectivity index (χ3n) is 9.44. The highest BCUT2D eigenvalue weighted by molar-refractivity contribution is 5.99. The summed E-state index contributed by atoms with van der Waals surface area (Å²) in [6.07, 6.45) is 1.34. The summed E-state index contributed by atoms with van der Waals surface area (Å²) < 4.78 is 33.7. The van der Waals surface area contributed by atoms with Gasteiger partial charge < -0.3 is 19.6 Å². The molecule has 4 aromatic rings. The second-order valence-corrected chi connectivity index (χ2v) is 12.9. The number of aromatic nitrogens is 3. The number of amides is 2. The number of nitrogens with zero attached hydrogens (tertiary/aromatic N) is 7. The number of hydrogen-bond acceptors (Lipinski definition) is 7. The summed E-state index contributed by atoms with van der Waals surface area (Å²) in [7, 11) is 3.37. The number of pyridine rings is 1. The molecular weight excluding hydrogens is 616 g/mol. The SMILES string of the molecule is C=CC(=O)N1C[C@H](C)N(c2nc(=O)n3c4nc(c(F)cc24)-c2c(F)cccc2N(C)C(=O)CCN(C)c2cccc(C(C)C)c2-3)C[C@H]1C. The van der Waals surface area contributed by atoms with E-state index in [9.17, 15) is 14.4 Å². The van der Waals surface area contributed by atoms with Crippen LogP contribution in [0, 0.1) is 11.6 Å². The van der Waals surface area contributed by atoms with Gasteiger partial charge in [0.25, 0.3) is 0 Å². The predicted octanol–water partition coefficient (Wildman–Crippen LogP) is 5.26. The van der Waals surface area contributed by atoms with E-state index < -0.39 is 17.3 Å². The third-order valence-corrected chi connectivity index (χ3v) is 9.44. The number of para-hydroxylation sites is 1. The highest BCUT2D eigenvalue weighted by Gasteiger charge is 2.35. The van der Waals surface area contributed by atoms with Crippen LogP contribution < -0.4 is 20.4 Å². The molecule has 2 aliphatic heterocycles. The van der Waals surface area contributed by atoms with Gasteiger partial charge >= 0.3 is 5.69 Å². The molecule has 250 valence electrons. The summed E-state index contributed by atoms with van der Waals surface area (Å²) in [5.41, 5.74) is 1.06. The Hall–Kier alpha value is -5.13. The lowest BCUT2D eigenvalue weighted by molar-refractivity contribution is -0.128. The lowest BCUT2D eigenvalue weighted by atomic mass is 9.99. The molecule has 0 radical (unpaired) electrons. The zero-order valence-corrected chi connectivity index (χ0v) is 28.0. The Bertz CT molecular complexity index is 2030. The Labute approximate surface area is 277 Å². The average molecular weight is 656 g/mol. The van der Waals surface area contributed by atoms with E-state index in [0.29, 0.717) is 24.5 Å². The quantitative estimate of drug-likeness (QED) is 0.278. The third kappa shape index (κ3) is 5.38. The van der Waals surface area contributed by atoms with Gasteiger partial charge in [0.05, 0.1) is 28.0 Å². The maximum atomic E-state index is 16.5. The minimum absolute atomic E-state index is 0.0483. The van der Waals surface area contributed by atoms with Crippen molar-refractivity contribution in [2.24, 2.45) is 0 Å². The summed E-state index contributed by atoms with van der Waals surface area (Å²) in [4.78, 5) is 56.7. The first-order chi connectivity index (χ1) is 22.8. The molecule has 2 aliphatic rings. The summed E-state index contributed by atoms with van der Waals surface area (Å²) in [6.45, 7) is 12.3. The molecule has 1 fully saturated rings. The minimum atomic E-state index is -0.839. The van der Waals surface area contributed by atoms with Crippen LogP contribution in [0.25, 0.3) is 28.0 Å². The van der Waals surface area contributed by atoms with Crippen molar-refractivity contribution in [2.45, 2.75) is 52.1 Å². The number of halogens is 2. The van der Waals surface area contributed by atoms with Crippen molar-refractivity contribution in [3.8, 4) is 16.9 Å². The Morgan fingerprint density at radius 3 is 2.40 bits per heavy atom. The fourth-order valence-corrected chi connectivity index (χ4v) is 6.83. The number of anilines is 3. The number of piperazine rings is 1. The fraction of sp³-hybridized carbons (Fsp3) is 0.361. The van der Waals surface area contributed by atoms with Gasteiger partial charge in [0.1, 0.15) is 17.3 Å². The number of benzene rings is 2. The van der Waals surface area contributed by atoms with Gasteiger partial charge in [0.2, 0.25) is 11.8 Å². The second kappa shape index (κ2) is 12.5. The van der Waals surface area contributed by atoms with Crippen molar-refractivity contribution in [3.05, 3.63) is 82.8 Å². The lowest BCUT2D eigenvalue weighted by Gasteiger charge is -2.44. The van der Waals surface area contributed by atoms with Crippen LogP contribution in [0.5, 0.6) is 0 Å². The van der Waals surface area contributed by atoms with Gasteiger partial charge in [0.15, 0.2) is 11.5 Å². The van der Waals surface area contributed by atoms with Crippen LogP contribution in [-0.2, 0) is 9.59 Å². The van der Waals surface area contributed by atoms with E-state index in [0.717, 1.165) is 5.56 Å². The lowest BCUT2D eigenvalue weighted by Crippen LogP contribution is -2.58. The normalized spacial score (nSPS) is 18.4. The maximum absolute atomic E-state index is 16.5. The van der Waals surface area contributed by atoms with Crippen LogP contribution >= 0.6 is 0 Å². The zero-order chi connectivity index (χ0) is 34.6. The van der Waals surface area contributed by atoms with Crippen LogP contribution in [0.3, 0.4) is 0 Å². The Morgan fingerprint density at radius 2 is 1.69 bits per heavy atom. The standard InChI is InChI=1S/C36H39F2N7O3/c1-8-29(46)43-18-22(5)44(19-21(43)4)34-24-17-26(38)32-31-25(37)12-10-13-27(31)42(7)30(47)15-16-41(6)28-14-9-11-23(20(2)3)33(28)45(35(24)39-32)36(48)40-34/h8-14,17,20-22H,1,15-16,18-19H2,2-7H3/t21-,22+/m1/s1. The first kappa shape index (κ1) is 32.8. The van der Waals surface area contributed by atoms with Gasteiger partial charge in [-0.1, -0.05) is 38.6 Å². The fourth-order valence-electron chi connectivity index (χ4n) is 6.83. The van der Waals surface area contributed by atoms with Crippen LogP contribution in [0.2, 0.25) is 0 Å². The van der Waals surface area contributed by atoms with E-state index in [-0.39, 0.29) is 76.6 Å². The van der Waals surface area contributed by atoms with E-state index in [1.165, 1.54) is 40.8 Å². The minimum Gasteiger partial charge on any atom is -0.372 e. The highest BCUT2D eigenvalue weighted by atomic mass is 19.1. The van der Waals surface area contributed by atoms with Crippen LogP contribution in [0.1, 0.15) is 45.6 Å². The zero-order valence-electron chi connectivity index (χ0n) is 28.0. The van der Waals surface area contributed by atoms with Gasteiger partial charge in [-0.25, -0.2) is 23.1 Å². The topological polar surface area (TPSA) is 94.9 Å². The maximum Gasteiger partial charge on any atom is 0.355 e. The predicted molar refractivity (Wildman–Crippen MR) is 184 cm³/mol. The first-order valence-electron chi connectivity index (χ1n) is 16.1. The summed E-state index contributed by atoms with van der Waals surface area (Å²) in [5, 5.41) is 0.253. The molecular formula is C36H39F2N7O3. The molecule has 2 aromatic heterocycles. The molecule has 0 unspecified atom stereocenters. The van der Waals surface area contributed by atoms with Crippen molar-refractivity contribution in [1.29, 1.82) is 0 Å². The molecule has 12 heteroatoms. The molecule has 4 heterocycles. The molecule has 6 rings (SSSR count). The van der Waals surface area contributed by atoms with E-state index in [4.69, 9.17) is 4.98 Å². The number of rotatable bonds is 3. The molecule has 0 aliphatic carbocycles. The molecule has 2 aromatic carbocycles. The Morgan fingerprint density at radius 1 is 0.979 bits per heavy atom. The van der Waals surface area contributed by atoms with Crippen LogP contribution in [-0.4, -0.2) is 77.1 Å². The molecule has 2 bridgehead atoms. The molecule has 0 saturated carbocycles. The first-order valence-corrected chi connectivity index (χ1v) is 16.1. The van der Waals surface area contributed by atoms with Crippen molar-refractivity contribution in [3.63, 3.8) is 0 Å². The van der Waals surface area contributed by atoms with E-state index in [1.54, 1.807) is 11.0 Å². The summed E-state index contributed by atoms with van der Waals surface area (Å²) in [5.74, 6) is -1.94. The van der Waals surface area contributed by atoms with Crippen molar-refractivity contribution in [1.82, 2.24) is 19.4 Å². The summed E-state index contributed by atoms with van der Waals surface area (Å²) in [6, 6.07) is 10.6. The van der Waals surface area contributed by atoms with E-state index >= 15 is 8.78 Å². The summed E-state index contributed by atoms with van der Waals surface area (Å²) >= 11 is 0. The molecule has 1 saturated heterocycles. The number of fused-ring (bicyclic) bond motifs is 5. The van der Waals surface area contributed by atoms with Gasteiger partial charge in [-0.05, 0) is 55.7 Å². The van der Waals surface area contributed by atoms with Gasteiger partial charge in [-0.2, -0.15) is 4.98 Å². The second-order valence-electron chi connectivity index (χ2n) is 12.9. The molecule has 48 heavy (non-hydrogen) atoms. The van der Waals surface area contributed by atoms with E-state index in [2.05, 4.69) is 11.6 Å². The Balaban J connectivity index is 1.73. The van der Waals surface area contributed by atoms with Gasteiger partial charge in [-0.3, -0.25) is 9.59 Å². The molecule has 2 amide bonds. The average Bonchev–Trinajstić information content (AvgIpc) is 3.06. The van der Waals surface area contributed by atoms with Crippen LogP contribution in [0.15, 0.2) is 59.9 Å². The smallest absolute Gasteiger partial charge is 0.355 e. The molecule has 0 spiro atoms. The van der Waals surface area contributed by atoms with Crippen molar-refractivity contribution >= 4 is 40.0 Å².